The maximum atomic E-state index is 11.8. The summed E-state index contributed by atoms with van der Waals surface area (Å²) in [7, 11) is 0. The molecule has 0 aliphatic heterocycles. The first kappa shape index (κ1) is 27.2. The average Bonchev–Trinajstić information content (AvgIpc) is 3.37. The molecule has 0 heterocycles. The van der Waals surface area contributed by atoms with Gasteiger partial charge in [-0.3, -0.25) is 0 Å². The van der Waals surface area contributed by atoms with Crippen LogP contribution < -0.4 is 10.6 Å². The molecule has 0 saturated heterocycles. The number of carbonyl (C=O) groups is 2. The quantitative estimate of drug-likeness (QED) is 0.298. The largest absolute Gasteiger partial charge is 0.449 e. The third kappa shape index (κ3) is 12.7. The van der Waals surface area contributed by atoms with E-state index in [1.165, 1.54) is 0 Å². The topological polar surface area (TPSA) is 104 Å². The molecule has 2 N–H and O–H groups in total. The van der Waals surface area contributed by atoms with E-state index in [4.69, 9.17) is 23.7 Å². The van der Waals surface area contributed by atoms with E-state index in [9.17, 15) is 9.59 Å². The Kier molecular flexibility index (Phi) is 12.4. The van der Waals surface area contributed by atoms with Gasteiger partial charge in [-0.15, -0.1) is 11.8 Å². The lowest BCUT2D eigenvalue weighted by molar-refractivity contribution is 0.0144. The van der Waals surface area contributed by atoms with Gasteiger partial charge in [0.15, 0.2) is 0 Å². The van der Waals surface area contributed by atoms with Crippen LogP contribution >= 0.6 is 0 Å². The number of rotatable bonds is 14. The van der Waals surface area contributed by atoms with Crippen molar-refractivity contribution in [3.63, 3.8) is 0 Å². The molecular formula is C24H40N2O7. The van der Waals surface area contributed by atoms with Gasteiger partial charge < -0.3 is 34.3 Å². The van der Waals surface area contributed by atoms with Crippen molar-refractivity contribution in [1.82, 2.24) is 10.6 Å². The first-order valence-corrected chi connectivity index (χ1v) is 11.9. The summed E-state index contributed by atoms with van der Waals surface area (Å²) in [6.45, 7) is 9.25. The van der Waals surface area contributed by atoms with E-state index < -0.39 is 11.7 Å². The van der Waals surface area contributed by atoms with Crippen LogP contribution in [0.1, 0.15) is 46.5 Å². The van der Waals surface area contributed by atoms with Crippen molar-refractivity contribution in [3.8, 4) is 11.8 Å². The molecule has 2 unspecified atom stereocenters. The third-order valence-corrected chi connectivity index (χ3v) is 5.42. The van der Waals surface area contributed by atoms with Crippen LogP contribution in [-0.4, -0.2) is 77.1 Å². The Morgan fingerprint density at radius 2 is 1.27 bits per heavy atom. The second-order valence-corrected chi connectivity index (χ2v) is 9.21. The second-order valence-electron chi connectivity index (χ2n) is 9.21. The van der Waals surface area contributed by atoms with E-state index in [1.807, 2.05) is 20.8 Å². The Morgan fingerprint density at radius 3 is 1.79 bits per heavy atom. The molecule has 1 fully saturated rings. The molecule has 1 saturated carbocycles. The average molecular weight is 469 g/mol. The molecule has 2 rings (SSSR count). The zero-order valence-electron chi connectivity index (χ0n) is 20.3. The number of nitrogens with one attached hydrogen (secondary N) is 2. The molecule has 2 amide bonds. The van der Waals surface area contributed by atoms with Gasteiger partial charge in [0.05, 0.1) is 46.2 Å². The van der Waals surface area contributed by atoms with E-state index >= 15 is 0 Å². The van der Waals surface area contributed by atoms with Gasteiger partial charge in [-0.1, -0.05) is 0 Å². The van der Waals surface area contributed by atoms with Gasteiger partial charge in [0.25, 0.3) is 0 Å². The van der Waals surface area contributed by atoms with E-state index in [1.54, 1.807) is 0 Å². The van der Waals surface area contributed by atoms with Gasteiger partial charge in [0.2, 0.25) is 0 Å². The molecule has 2 aliphatic rings. The van der Waals surface area contributed by atoms with Crippen molar-refractivity contribution in [2.75, 3.05) is 59.3 Å². The Balaban J connectivity index is 1.30. The maximum absolute atomic E-state index is 11.8. The number of hydrogen-bond donors (Lipinski definition) is 2. The highest BCUT2D eigenvalue weighted by molar-refractivity contribution is 5.67. The van der Waals surface area contributed by atoms with Gasteiger partial charge >= 0.3 is 12.2 Å². The van der Waals surface area contributed by atoms with Crippen LogP contribution in [0, 0.1) is 29.6 Å². The lowest BCUT2D eigenvalue weighted by Crippen LogP contribution is -2.34. The van der Waals surface area contributed by atoms with Crippen LogP contribution in [-0.2, 0) is 23.7 Å². The highest BCUT2D eigenvalue weighted by atomic mass is 16.6. The SMILES string of the molecule is CC(C)(C)OC(=O)NCCOCCOCCOCCNC(=O)OCC1C2CCC#CCCC21. The number of amides is 2. The number of fused-ring (bicyclic) bond motifs is 1. The van der Waals surface area contributed by atoms with Crippen molar-refractivity contribution in [2.24, 2.45) is 17.8 Å². The summed E-state index contributed by atoms with van der Waals surface area (Å²) in [5.74, 6) is 8.23. The molecule has 0 aromatic heterocycles. The summed E-state index contributed by atoms with van der Waals surface area (Å²) in [6.07, 6.45) is 3.34. The van der Waals surface area contributed by atoms with E-state index in [2.05, 4.69) is 22.5 Å². The molecule has 0 radical (unpaired) electrons. The number of alkyl carbamates (subject to hydrolysis) is 2. The van der Waals surface area contributed by atoms with Crippen molar-refractivity contribution in [2.45, 2.75) is 52.1 Å². The molecule has 0 aromatic carbocycles. The van der Waals surface area contributed by atoms with Gasteiger partial charge in [0, 0.05) is 25.9 Å². The van der Waals surface area contributed by atoms with Gasteiger partial charge in [-0.2, -0.15) is 0 Å². The van der Waals surface area contributed by atoms with E-state index in [0.29, 0.717) is 77.1 Å². The Bertz CT molecular complexity index is 635. The number of hydrogen-bond acceptors (Lipinski definition) is 7. The van der Waals surface area contributed by atoms with Gasteiger partial charge in [0.1, 0.15) is 5.60 Å². The normalized spacial score (nSPS) is 21.5. The lowest BCUT2D eigenvalue weighted by atomic mass is 10.1. The van der Waals surface area contributed by atoms with Crippen LogP contribution in [0.4, 0.5) is 9.59 Å². The molecule has 9 nitrogen and oxygen atoms in total. The Morgan fingerprint density at radius 1 is 0.788 bits per heavy atom. The van der Waals surface area contributed by atoms with Crippen LogP contribution in [0.2, 0.25) is 0 Å². The number of ether oxygens (including phenoxy) is 5. The summed E-state index contributed by atoms with van der Waals surface area (Å²) < 4.78 is 26.7. The first-order valence-electron chi connectivity index (χ1n) is 11.9. The van der Waals surface area contributed by atoms with E-state index in [0.717, 1.165) is 25.7 Å². The van der Waals surface area contributed by atoms with Crippen LogP contribution in [0.15, 0.2) is 0 Å². The minimum atomic E-state index is -0.509. The van der Waals surface area contributed by atoms with E-state index in [-0.39, 0.29) is 6.09 Å². The van der Waals surface area contributed by atoms with Crippen LogP contribution in [0.25, 0.3) is 0 Å². The molecule has 2 aliphatic carbocycles. The Labute approximate surface area is 197 Å². The molecule has 9 heteroatoms. The Hall–Kier alpha value is -2.02. The zero-order chi connectivity index (χ0) is 23.9. The molecule has 33 heavy (non-hydrogen) atoms. The highest BCUT2D eigenvalue weighted by Gasteiger charge is 2.49. The molecule has 0 spiro atoms. The predicted molar refractivity (Wildman–Crippen MR) is 123 cm³/mol. The number of carbonyl (C=O) groups excluding carboxylic acids is 2. The fourth-order valence-corrected chi connectivity index (χ4v) is 3.81. The zero-order valence-corrected chi connectivity index (χ0v) is 20.3. The standard InChI is InChI=1S/C24H40N2O7/c1-24(2,3)33-23(28)26-11-13-30-15-17-31-16-14-29-12-10-25-22(27)32-18-21-19-8-6-4-5-7-9-20(19)21/h19-21H,6-18H2,1-3H3,(H,25,27)(H,26,28). The smallest absolute Gasteiger partial charge is 0.407 e. The highest BCUT2D eigenvalue weighted by Crippen LogP contribution is 2.52. The predicted octanol–water partition coefficient (Wildman–Crippen LogP) is 2.73. The van der Waals surface area contributed by atoms with Crippen LogP contribution in [0.3, 0.4) is 0 Å². The molecule has 0 bridgehead atoms. The molecular weight excluding hydrogens is 428 g/mol. The minimum Gasteiger partial charge on any atom is -0.449 e. The van der Waals surface area contributed by atoms with Gasteiger partial charge in [-0.05, 0) is 51.4 Å². The summed E-state index contributed by atoms with van der Waals surface area (Å²) in [4.78, 5) is 23.3. The summed E-state index contributed by atoms with van der Waals surface area (Å²) in [6, 6.07) is 0. The van der Waals surface area contributed by atoms with Crippen molar-refractivity contribution in [3.05, 3.63) is 0 Å². The van der Waals surface area contributed by atoms with Crippen molar-refractivity contribution >= 4 is 12.2 Å². The summed E-state index contributed by atoms with van der Waals surface area (Å²) in [5.41, 5.74) is -0.509. The van der Waals surface area contributed by atoms with Crippen LogP contribution in [0.5, 0.6) is 0 Å². The van der Waals surface area contributed by atoms with Crippen molar-refractivity contribution in [1.29, 1.82) is 0 Å². The fourth-order valence-electron chi connectivity index (χ4n) is 3.81. The molecule has 0 aromatic rings. The summed E-state index contributed by atoms with van der Waals surface area (Å²) >= 11 is 0. The second kappa shape index (κ2) is 15.0. The summed E-state index contributed by atoms with van der Waals surface area (Å²) in [5, 5.41) is 5.33. The molecule has 2 atom stereocenters. The fraction of sp³-hybridized carbons (Fsp3) is 0.833. The van der Waals surface area contributed by atoms with Crippen molar-refractivity contribution < 1.29 is 33.3 Å². The molecule has 188 valence electrons. The maximum Gasteiger partial charge on any atom is 0.407 e. The lowest BCUT2D eigenvalue weighted by Gasteiger charge is -2.19. The third-order valence-electron chi connectivity index (χ3n) is 5.42. The van der Waals surface area contributed by atoms with Gasteiger partial charge in [-0.25, -0.2) is 9.59 Å². The minimum absolute atomic E-state index is 0.379. The first-order chi connectivity index (χ1) is 15.9. The monoisotopic (exact) mass is 468 g/mol.